The summed E-state index contributed by atoms with van der Waals surface area (Å²) in [5.74, 6) is 2.04. The maximum absolute atomic E-state index is 5.68. The summed E-state index contributed by atoms with van der Waals surface area (Å²) in [5.41, 5.74) is 4.60. The lowest BCUT2D eigenvalue weighted by molar-refractivity contribution is 0.118. The number of nitrogens with one attached hydrogen (secondary N) is 1. The molecule has 7 nitrogen and oxygen atoms in total. The van der Waals surface area contributed by atoms with Crippen LogP contribution in [0.1, 0.15) is 40.9 Å². The van der Waals surface area contributed by atoms with Crippen LogP contribution in [-0.4, -0.2) is 58.2 Å². The van der Waals surface area contributed by atoms with E-state index >= 15 is 0 Å². The number of hydrogen-bond acceptors (Lipinski definition) is 6. The molecule has 2 aliphatic rings. The molecule has 7 heteroatoms. The van der Waals surface area contributed by atoms with Gasteiger partial charge >= 0.3 is 0 Å². The van der Waals surface area contributed by atoms with Crippen LogP contribution in [0.3, 0.4) is 0 Å². The van der Waals surface area contributed by atoms with Gasteiger partial charge in [0, 0.05) is 50.8 Å². The molecule has 0 aliphatic carbocycles. The Morgan fingerprint density at radius 1 is 1.28 bits per heavy atom. The third-order valence-electron chi connectivity index (χ3n) is 5.50. The Morgan fingerprint density at radius 2 is 2.12 bits per heavy atom. The summed E-state index contributed by atoms with van der Waals surface area (Å²) >= 11 is 0. The van der Waals surface area contributed by atoms with Gasteiger partial charge < -0.3 is 19.5 Å². The lowest BCUT2D eigenvalue weighted by Crippen LogP contribution is -2.33. The normalized spacial score (nSPS) is 23.9. The molecule has 0 aromatic carbocycles. The minimum atomic E-state index is 0.156. The number of fused-ring (bicyclic) bond motifs is 1. The lowest BCUT2D eigenvalue weighted by Gasteiger charge is -2.31. The molecule has 4 heterocycles. The second-order valence-corrected chi connectivity index (χ2v) is 7.20. The summed E-state index contributed by atoms with van der Waals surface area (Å²) in [6, 6.07) is 0.156. The first-order valence-electron chi connectivity index (χ1n) is 8.90. The highest BCUT2D eigenvalue weighted by Crippen LogP contribution is 2.38. The molecule has 0 radical (unpaired) electrons. The number of rotatable bonds is 3. The molecule has 1 N–H and O–H groups in total. The molecule has 0 amide bonds. The van der Waals surface area contributed by atoms with Crippen molar-refractivity contribution < 1.29 is 4.74 Å². The number of imidazole rings is 1. The van der Waals surface area contributed by atoms with E-state index in [0.717, 1.165) is 55.5 Å². The molecule has 2 aliphatic heterocycles. The fourth-order valence-corrected chi connectivity index (χ4v) is 3.90. The van der Waals surface area contributed by atoms with Gasteiger partial charge in [-0.25, -0.2) is 15.0 Å². The van der Waals surface area contributed by atoms with E-state index in [1.54, 1.807) is 13.4 Å². The van der Waals surface area contributed by atoms with Crippen molar-refractivity contribution >= 4 is 5.82 Å². The maximum Gasteiger partial charge on any atom is 0.137 e. The van der Waals surface area contributed by atoms with Gasteiger partial charge in [0.25, 0.3) is 0 Å². The van der Waals surface area contributed by atoms with E-state index in [4.69, 9.17) is 9.72 Å². The molecule has 0 spiro atoms. The molecule has 134 valence electrons. The van der Waals surface area contributed by atoms with E-state index in [1.807, 2.05) is 6.92 Å². The summed E-state index contributed by atoms with van der Waals surface area (Å²) in [5, 5.41) is 0. The van der Waals surface area contributed by atoms with Gasteiger partial charge in [0.05, 0.1) is 23.5 Å². The Balaban J connectivity index is 1.74. The van der Waals surface area contributed by atoms with Gasteiger partial charge in [-0.05, 0) is 20.9 Å². The van der Waals surface area contributed by atoms with Crippen LogP contribution in [0.25, 0.3) is 0 Å². The first-order valence-corrected chi connectivity index (χ1v) is 8.90. The number of aromatic amines is 1. The number of aryl methyl sites for hydroxylation is 2. The average molecular weight is 342 g/mol. The van der Waals surface area contributed by atoms with Gasteiger partial charge in [-0.15, -0.1) is 0 Å². The molecule has 0 bridgehead atoms. The summed E-state index contributed by atoms with van der Waals surface area (Å²) in [6.45, 7) is 6.88. The SMILES string of the molecule is CO[C@@H]1C[C@@H](c2nc(C)c(C)[nH]2)N(c2ncnc3c2CN(C)CC3)C1. The Bertz CT molecular complexity index is 753. The predicted molar refractivity (Wildman–Crippen MR) is 95.6 cm³/mol. The Hall–Kier alpha value is -1.99. The highest BCUT2D eigenvalue weighted by atomic mass is 16.5. The van der Waals surface area contributed by atoms with E-state index in [2.05, 4.69) is 38.7 Å². The second kappa shape index (κ2) is 6.38. The highest BCUT2D eigenvalue weighted by molar-refractivity contribution is 5.52. The zero-order valence-corrected chi connectivity index (χ0v) is 15.4. The molecular weight excluding hydrogens is 316 g/mol. The number of H-pyrrole nitrogens is 1. The first-order chi connectivity index (χ1) is 12.1. The van der Waals surface area contributed by atoms with Gasteiger partial charge in [0.15, 0.2) is 0 Å². The van der Waals surface area contributed by atoms with Crippen molar-refractivity contribution in [2.75, 3.05) is 32.1 Å². The Morgan fingerprint density at radius 3 is 2.84 bits per heavy atom. The zero-order valence-electron chi connectivity index (χ0n) is 15.4. The van der Waals surface area contributed by atoms with Crippen LogP contribution in [0.15, 0.2) is 6.33 Å². The van der Waals surface area contributed by atoms with Crippen molar-refractivity contribution in [3.63, 3.8) is 0 Å². The summed E-state index contributed by atoms with van der Waals surface area (Å²) in [4.78, 5) is 22.1. The molecule has 2 atom stereocenters. The highest BCUT2D eigenvalue weighted by Gasteiger charge is 2.38. The average Bonchev–Trinajstić information content (AvgIpc) is 3.18. The van der Waals surface area contributed by atoms with Crippen LogP contribution in [-0.2, 0) is 17.7 Å². The second-order valence-electron chi connectivity index (χ2n) is 7.20. The molecule has 4 rings (SSSR count). The molecule has 0 unspecified atom stereocenters. The van der Waals surface area contributed by atoms with E-state index in [-0.39, 0.29) is 12.1 Å². The number of hydrogen-bond donors (Lipinski definition) is 1. The first kappa shape index (κ1) is 16.5. The van der Waals surface area contributed by atoms with E-state index < -0.39 is 0 Å². The summed E-state index contributed by atoms with van der Waals surface area (Å²) < 4.78 is 5.68. The lowest BCUT2D eigenvalue weighted by atomic mass is 10.1. The number of anilines is 1. The Labute approximate surface area is 148 Å². The number of ether oxygens (including phenoxy) is 1. The van der Waals surface area contributed by atoms with Gasteiger partial charge in [0.1, 0.15) is 18.0 Å². The minimum Gasteiger partial charge on any atom is -0.380 e. The van der Waals surface area contributed by atoms with Crippen LogP contribution < -0.4 is 4.90 Å². The van der Waals surface area contributed by atoms with Crippen molar-refractivity contribution in [3.05, 3.63) is 34.8 Å². The molecule has 1 saturated heterocycles. The predicted octanol–water partition coefficient (Wildman–Crippen LogP) is 1.77. The number of likely N-dealkylation sites (N-methyl/N-ethyl adjacent to an activating group) is 1. The van der Waals surface area contributed by atoms with Crippen molar-refractivity contribution in [3.8, 4) is 0 Å². The molecule has 0 saturated carbocycles. The van der Waals surface area contributed by atoms with E-state index in [1.165, 1.54) is 11.3 Å². The van der Waals surface area contributed by atoms with Crippen LogP contribution in [0, 0.1) is 13.8 Å². The fourth-order valence-electron chi connectivity index (χ4n) is 3.90. The molecule has 25 heavy (non-hydrogen) atoms. The van der Waals surface area contributed by atoms with Crippen molar-refractivity contribution in [2.45, 2.75) is 45.4 Å². The van der Waals surface area contributed by atoms with Crippen molar-refractivity contribution in [1.29, 1.82) is 0 Å². The third kappa shape index (κ3) is 2.91. The van der Waals surface area contributed by atoms with Gasteiger partial charge in [-0.1, -0.05) is 0 Å². The zero-order chi connectivity index (χ0) is 17.6. The number of methoxy groups -OCH3 is 1. The van der Waals surface area contributed by atoms with Crippen LogP contribution in [0.4, 0.5) is 5.82 Å². The minimum absolute atomic E-state index is 0.156. The molecule has 2 aromatic heterocycles. The number of nitrogens with zero attached hydrogens (tertiary/aromatic N) is 5. The van der Waals surface area contributed by atoms with Crippen molar-refractivity contribution in [2.24, 2.45) is 0 Å². The molecule has 2 aromatic rings. The van der Waals surface area contributed by atoms with Gasteiger partial charge in [0.2, 0.25) is 0 Å². The quantitative estimate of drug-likeness (QED) is 0.917. The largest absolute Gasteiger partial charge is 0.380 e. The molecule has 1 fully saturated rings. The molecular formula is C18H26N6O. The smallest absolute Gasteiger partial charge is 0.137 e. The number of aromatic nitrogens is 4. The Kier molecular flexibility index (Phi) is 4.21. The van der Waals surface area contributed by atoms with Crippen LogP contribution >= 0.6 is 0 Å². The van der Waals surface area contributed by atoms with E-state index in [0.29, 0.717) is 0 Å². The van der Waals surface area contributed by atoms with Gasteiger partial charge in [-0.2, -0.15) is 0 Å². The maximum atomic E-state index is 5.68. The standard InChI is InChI=1S/C18H26N6O/c1-11-12(2)22-17(21-11)16-7-13(25-4)8-24(16)18-14-9-23(3)6-5-15(14)19-10-20-18/h10,13,16H,5-9H2,1-4H3,(H,21,22)/t13-,16+/m1/s1. The van der Waals surface area contributed by atoms with Crippen LogP contribution in [0.5, 0.6) is 0 Å². The van der Waals surface area contributed by atoms with Crippen LogP contribution in [0.2, 0.25) is 0 Å². The summed E-state index contributed by atoms with van der Waals surface area (Å²) in [6.07, 6.45) is 3.78. The third-order valence-corrected chi connectivity index (χ3v) is 5.50. The summed E-state index contributed by atoms with van der Waals surface area (Å²) in [7, 11) is 3.94. The van der Waals surface area contributed by atoms with Gasteiger partial charge in [-0.3, -0.25) is 0 Å². The van der Waals surface area contributed by atoms with Crippen molar-refractivity contribution in [1.82, 2.24) is 24.8 Å². The monoisotopic (exact) mass is 342 g/mol. The topological polar surface area (TPSA) is 70.2 Å². The fraction of sp³-hybridized carbons (Fsp3) is 0.611. The van der Waals surface area contributed by atoms with E-state index in [9.17, 15) is 0 Å².